The summed E-state index contributed by atoms with van der Waals surface area (Å²) in [6, 6.07) is 21.4. The number of nitrogens with zero attached hydrogens (tertiary/aromatic N) is 1. The molecular weight excluding hydrogens is 449 g/mol. The third-order valence-electron chi connectivity index (χ3n) is 4.74. The summed E-state index contributed by atoms with van der Waals surface area (Å²) < 4.78 is 39.1. The van der Waals surface area contributed by atoms with E-state index in [0.717, 1.165) is 20.5 Å². The molecule has 3 nitrogen and oxygen atoms in total. The van der Waals surface area contributed by atoms with Crippen molar-refractivity contribution in [1.82, 2.24) is 4.98 Å². The van der Waals surface area contributed by atoms with Crippen LogP contribution in [0.3, 0.4) is 0 Å². The van der Waals surface area contributed by atoms with Crippen LogP contribution < -0.4 is 0 Å². The minimum absolute atomic E-state index is 0.235. The minimum atomic E-state index is -3.44. The summed E-state index contributed by atoms with van der Waals surface area (Å²) in [6.07, 6.45) is 1.20. The predicted octanol–water partition coefficient (Wildman–Crippen LogP) is 6.62. The number of hydrogen-bond donors (Lipinski definition) is 0. The first-order valence-electron chi connectivity index (χ1n) is 9.56. The van der Waals surface area contributed by atoms with Crippen molar-refractivity contribution in [3.8, 4) is 21.7 Å². The summed E-state index contributed by atoms with van der Waals surface area (Å²) in [5, 5.41) is 0. The van der Waals surface area contributed by atoms with Crippen LogP contribution in [0.1, 0.15) is 11.1 Å². The number of rotatable bonds is 6. The van der Waals surface area contributed by atoms with Gasteiger partial charge < -0.3 is 0 Å². The van der Waals surface area contributed by atoms with Crippen LogP contribution in [-0.2, 0) is 15.6 Å². The molecule has 7 heteroatoms. The first kappa shape index (κ1) is 21.7. The molecule has 0 saturated carbocycles. The highest BCUT2D eigenvalue weighted by Crippen LogP contribution is 2.42. The van der Waals surface area contributed by atoms with Gasteiger partial charge in [-0.15, -0.1) is 11.3 Å². The van der Waals surface area contributed by atoms with Crippen molar-refractivity contribution < 1.29 is 12.8 Å². The SMILES string of the molecule is Cc1ccc(CSc2nc(-c3ccccc3S(C)(=O)=O)c(-c3ccc(F)cc3)s2)cc1. The van der Waals surface area contributed by atoms with Crippen molar-refractivity contribution in [2.24, 2.45) is 0 Å². The molecule has 0 aliphatic carbocycles. The van der Waals surface area contributed by atoms with Gasteiger partial charge in [0.05, 0.1) is 15.5 Å². The Morgan fingerprint density at radius 3 is 2.32 bits per heavy atom. The van der Waals surface area contributed by atoms with E-state index in [1.807, 2.05) is 0 Å². The summed E-state index contributed by atoms with van der Waals surface area (Å²) in [5.74, 6) is 0.435. The van der Waals surface area contributed by atoms with Crippen LogP contribution in [0, 0.1) is 12.7 Å². The van der Waals surface area contributed by atoms with E-state index >= 15 is 0 Å². The number of aromatic nitrogens is 1. The third kappa shape index (κ3) is 5.06. The van der Waals surface area contributed by atoms with Gasteiger partial charge in [0.1, 0.15) is 5.82 Å². The zero-order valence-electron chi connectivity index (χ0n) is 17.0. The smallest absolute Gasteiger partial charge is 0.176 e. The Labute approximate surface area is 189 Å². The lowest BCUT2D eigenvalue weighted by Crippen LogP contribution is -2.00. The molecule has 0 bridgehead atoms. The molecule has 0 fully saturated rings. The van der Waals surface area contributed by atoms with Crippen molar-refractivity contribution in [3.05, 3.63) is 89.7 Å². The van der Waals surface area contributed by atoms with Gasteiger partial charge in [-0.3, -0.25) is 0 Å². The van der Waals surface area contributed by atoms with Crippen molar-refractivity contribution in [3.63, 3.8) is 0 Å². The van der Waals surface area contributed by atoms with Gasteiger partial charge in [0.25, 0.3) is 0 Å². The molecule has 0 N–H and O–H groups in total. The number of halogens is 1. The topological polar surface area (TPSA) is 47.0 Å². The fraction of sp³-hybridized carbons (Fsp3) is 0.125. The maximum absolute atomic E-state index is 13.5. The third-order valence-corrected chi connectivity index (χ3v) is 8.21. The van der Waals surface area contributed by atoms with Crippen molar-refractivity contribution in [2.75, 3.05) is 6.26 Å². The zero-order chi connectivity index (χ0) is 22.0. The number of hydrogen-bond acceptors (Lipinski definition) is 5. The molecule has 4 aromatic rings. The molecule has 1 heterocycles. The van der Waals surface area contributed by atoms with Gasteiger partial charge >= 0.3 is 0 Å². The van der Waals surface area contributed by atoms with Crippen molar-refractivity contribution >= 4 is 32.9 Å². The predicted molar refractivity (Wildman–Crippen MR) is 127 cm³/mol. The molecule has 0 saturated heterocycles. The molecule has 0 unspecified atom stereocenters. The van der Waals surface area contributed by atoms with Crippen LogP contribution >= 0.6 is 23.1 Å². The first-order chi connectivity index (χ1) is 14.8. The molecule has 0 radical (unpaired) electrons. The van der Waals surface area contributed by atoms with Crippen molar-refractivity contribution in [1.29, 1.82) is 0 Å². The maximum atomic E-state index is 13.5. The number of thiazole rings is 1. The summed E-state index contributed by atoms with van der Waals surface area (Å²) >= 11 is 3.09. The molecule has 31 heavy (non-hydrogen) atoms. The van der Waals surface area contributed by atoms with E-state index in [1.165, 1.54) is 40.9 Å². The van der Waals surface area contributed by atoms with Crippen LogP contribution in [0.4, 0.5) is 4.39 Å². The summed E-state index contributed by atoms with van der Waals surface area (Å²) in [6.45, 7) is 2.05. The monoisotopic (exact) mass is 469 g/mol. The second-order valence-electron chi connectivity index (χ2n) is 7.21. The number of benzene rings is 3. The molecular formula is C24H20FNO2S3. The molecule has 0 aliphatic heterocycles. The molecule has 0 spiro atoms. The van der Waals surface area contributed by atoms with Gasteiger partial charge in [-0.2, -0.15) is 0 Å². The van der Waals surface area contributed by atoms with E-state index in [1.54, 1.807) is 48.2 Å². The molecule has 0 amide bonds. The molecule has 0 atom stereocenters. The lowest BCUT2D eigenvalue weighted by molar-refractivity contribution is 0.602. The van der Waals surface area contributed by atoms with Crippen LogP contribution in [0.25, 0.3) is 21.7 Å². The summed E-state index contributed by atoms with van der Waals surface area (Å²) in [5.41, 5.74) is 4.36. The summed E-state index contributed by atoms with van der Waals surface area (Å²) in [7, 11) is -3.44. The van der Waals surface area contributed by atoms with Gasteiger partial charge in [-0.05, 0) is 36.2 Å². The van der Waals surface area contributed by atoms with E-state index in [9.17, 15) is 12.8 Å². The number of aryl methyl sites for hydroxylation is 1. The van der Waals surface area contributed by atoms with E-state index in [2.05, 4.69) is 31.2 Å². The minimum Gasteiger partial charge on any atom is -0.229 e. The Balaban J connectivity index is 1.78. The fourth-order valence-corrected chi connectivity index (χ4v) is 6.17. The Kier molecular flexibility index (Phi) is 6.27. The van der Waals surface area contributed by atoms with Crippen LogP contribution in [0.15, 0.2) is 82.0 Å². The molecule has 158 valence electrons. The van der Waals surface area contributed by atoms with Crippen LogP contribution in [0.2, 0.25) is 0 Å². The van der Waals surface area contributed by atoms with Gasteiger partial charge in [-0.25, -0.2) is 17.8 Å². The quantitative estimate of drug-likeness (QED) is 0.298. The molecule has 1 aromatic heterocycles. The lowest BCUT2D eigenvalue weighted by atomic mass is 10.1. The van der Waals surface area contributed by atoms with Gasteiger partial charge in [0, 0.05) is 17.6 Å². The van der Waals surface area contributed by atoms with Gasteiger partial charge in [0.15, 0.2) is 14.2 Å². The Hall–Kier alpha value is -2.48. The Morgan fingerprint density at radius 2 is 1.65 bits per heavy atom. The normalized spacial score (nSPS) is 11.6. The fourth-order valence-electron chi connectivity index (χ4n) is 3.16. The van der Waals surface area contributed by atoms with E-state index < -0.39 is 9.84 Å². The maximum Gasteiger partial charge on any atom is 0.176 e. The van der Waals surface area contributed by atoms with Gasteiger partial charge in [-0.1, -0.05) is 71.9 Å². The molecule has 0 aliphatic rings. The Morgan fingerprint density at radius 1 is 0.968 bits per heavy atom. The molecule has 4 rings (SSSR count). The average Bonchev–Trinajstić information content (AvgIpc) is 3.17. The second-order valence-corrected chi connectivity index (χ2v) is 11.4. The average molecular weight is 470 g/mol. The highest BCUT2D eigenvalue weighted by Gasteiger charge is 2.21. The van der Waals surface area contributed by atoms with Gasteiger partial charge in [0.2, 0.25) is 0 Å². The van der Waals surface area contributed by atoms with Crippen LogP contribution in [0.5, 0.6) is 0 Å². The summed E-state index contributed by atoms with van der Waals surface area (Å²) in [4.78, 5) is 5.87. The van der Waals surface area contributed by atoms with E-state index in [4.69, 9.17) is 4.98 Å². The highest BCUT2D eigenvalue weighted by atomic mass is 32.2. The van der Waals surface area contributed by atoms with E-state index in [-0.39, 0.29) is 10.7 Å². The lowest BCUT2D eigenvalue weighted by Gasteiger charge is -2.08. The van der Waals surface area contributed by atoms with Crippen LogP contribution in [-0.4, -0.2) is 19.7 Å². The standard InChI is InChI=1S/C24H20FNO2S3/c1-16-7-9-17(10-8-16)15-29-24-26-22(20-5-3-4-6-21(20)31(2,27)28)23(30-24)18-11-13-19(25)14-12-18/h3-14H,15H2,1-2H3. The number of sulfone groups is 1. The number of thioether (sulfide) groups is 1. The van der Waals surface area contributed by atoms with E-state index in [0.29, 0.717) is 11.3 Å². The first-order valence-corrected chi connectivity index (χ1v) is 13.3. The highest BCUT2D eigenvalue weighted by molar-refractivity contribution is 8.00. The Bertz CT molecular complexity index is 1310. The molecule has 3 aromatic carbocycles. The largest absolute Gasteiger partial charge is 0.229 e. The second kappa shape index (κ2) is 8.94. The zero-order valence-corrected chi connectivity index (χ0v) is 19.5. The van der Waals surface area contributed by atoms with Crippen molar-refractivity contribution in [2.45, 2.75) is 21.9 Å².